The molecule has 1 heterocycles. The number of aliphatic hydroxyl groups is 1. The summed E-state index contributed by atoms with van der Waals surface area (Å²) in [5.41, 5.74) is 4.10. The maximum absolute atomic E-state index is 9.74. The van der Waals surface area contributed by atoms with Crippen molar-refractivity contribution in [3.8, 4) is 0 Å². The fourth-order valence-corrected chi connectivity index (χ4v) is 1.99. The van der Waals surface area contributed by atoms with E-state index in [2.05, 4.69) is 35.0 Å². The third kappa shape index (κ3) is 3.12. The van der Waals surface area contributed by atoms with Gasteiger partial charge in [0.25, 0.3) is 0 Å². The lowest BCUT2D eigenvalue weighted by atomic mass is 10.1. The van der Waals surface area contributed by atoms with E-state index in [-0.39, 0.29) is 0 Å². The Bertz CT molecular complexity index is 537. The van der Waals surface area contributed by atoms with Crippen LogP contribution in [-0.2, 0) is 0 Å². The fraction of sp³-hybridized carbons (Fsp3) is 0.312. The van der Waals surface area contributed by atoms with E-state index in [4.69, 9.17) is 0 Å². The largest absolute Gasteiger partial charge is 0.387 e. The van der Waals surface area contributed by atoms with Crippen molar-refractivity contribution in [1.82, 2.24) is 4.98 Å². The summed E-state index contributed by atoms with van der Waals surface area (Å²) in [6, 6.07) is 12.2. The molecular formula is C16H20N2O. The predicted molar refractivity (Wildman–Crippen MR) is 78.7 cm³/mol. The van der Waals surface area contributed by atoms with E-state index in [0.29, 0.717) is 6.42 Å². The van der Waals surface area contributed by atoms with Gasteiger partial charge in [0.15, 0.2) is 0 Å². The second-order valence-electron chi connectivity index (χ2n) is 4.76. The highest BCUT2D eigenvalue weighted by Crippen LogP contribution is 2.24. The SMILES string of the molecule is CC[C@H](O)c1ccc(N(C)c2cccc(C)c2)cn1. The molecule has 2 rings (SSSR count). The van der Waals surface area contributed by atoms with Crippen LogP contribution in [0.3, 0.4) is 0 Å². The number of hydrogen-bond donors (Lipinski definition) is 1. The summed E-state index contributed by atoms with van der Waals surface area (Å²) < 4.78 is 0. The molecule has 0 aliphatic carbocycles. The molecule has 1 atom stereocenters. The molecule has 3 heteroatoms. The molecule has 0 saturated carbocycles. The quantitative estimate of drug-likeness (QED) is 0.908. The number of benzene rings is 1. The number of rotatable bonds is 4. The van der Waals surface area contributed by atoms with Crippen molar-refractivity contribution in [3.63, 3.8) is 0 Å². The zero-order chi connectivity index (χ0) is 13.8. The summed E-state index contributed by atoms with van der Waals surface area (Å²) >= 11 is 0. The van der Waals surface area contributed by atoms with Gasteiger partial charge in [-0.1, -0.05) is 19.1 Å². The average Bonchev–Trinajstić information content (AvgIpc) is 2.46. The zero-order valence-corrected chi connectivity index (χ0v) is 11.7. The number of aromatic nitrogens is 1. The highest BCUT2D eigenvalue weighted by Gasteiger charge is 2.08. The molecule has 1 aromatic carbocycles. The van der Waals surface area contributed by atoms with Gasteiger partial charge in [-0.2, -0.15) is 0 Å². The van der Waals surface area contributed by atoms with Crippen molar-refractivity contribution in [2.45, 2.75) is 26.4 Å². The Labute approximate surface area is 114 Å². The molecule has 1 N–H and O–H groups in total. The molecule has 19 heavy (non-hydrogen) atoms. The first kappa shape index (κ1) is 13.6. The van der Waals surface area contributed by atoms with E-state index in [0.717, 1.165) is 17.1 Å². The molecule has 0 spiro atoms. The standard InChI is InChI=1S/C16H20N2O/c1-4-16(19)15-9-8-14(11-17-15)18(3)13-7-5-6-12(2)10-13/h5-11,16,19H,4H2,1-3H3/t16-/m0/s1. The van der Waals surface area contributed by atoms with Gasteiger partial charge in [0, 0.05) is 12.7 Å². The van der Waals surface area contributed by atoms with Crippen LogP contribution in [0.4, 0.5) is 11.4 Å². The van der Waals surface area contributed by atoms with Crippen LogP contribution in [0.25, 0.3) is 0 Å². The van der Waals surface area contributed by atoms with Gasteiger partial charge >= 0.3 is 0 Å². The molecule has 0 bridgehead atoms. The minimum absolute atomic E-state index is 0.474. The van der Waals surface area contributed by atoms with Gasteiger partial charge in [-0.3, -0.25) is 4.98 Å². The summed E-state index contributed by atoms with van der Waals surface area (Å²) in [5.74, 6) is 0. The van der Waals surface area contributed by atoms with E-state index in [1.54, 1.807) is 6.20 Å². The monoisotopic (exact) mass is 256 g/mol. The molecule has 100 valence electrons. The Morgan fingerprint density at radius 3 is 2.58 bits per heavy atom. The summed E-state index contributed by atoms with van der Waals surface area (Å²) in [4.78, 5) is 6.41. The first-order chi connectivity index (χ1) is 9.11. The minimum atomic E-state index is -0.474. The molecule has 0 radical (unpaired) electrons. The first-order valence-corrected chi connectivity index (χ1v) is 6.56. The van der Waals surface area contributed by atoms with Crippen molar-refractivity contribution in [2.75, 3.05) is 11.9 Å². The van der Waals surface area contributed by atoms with Crippen LogP contribution in [0.5, 0.6) is 0 Å². The van der Waals surface area contributed by atoms with Gasteiger partial charge < -0.3 is 10.0 Å². The Balaban J connectivity index is 2.22. The van der Waals surface area contributed by atoms with Crippen molar-refractivity contribution in [1.29, 1.82) is 0 Å². The highest BCUT2D eigenvalue weighted by molar-refractivity contribution is 5.62. The van der Waals surface area contributed by atoms with Gasteiger partial charge in [-0.25, -0.2) is 0 Å². The topological polar surface area (TPSA) is 36.4 Å². The molecule has 0 unspecified atom stereocenters. The normalized spacial score (nSPS) is 12.2. The van der Waals surface area contributed by atoms with E-state index < -0.39 is 6.10 Å². The van der Waals surface area contributed by atoms with Crippen LogP contribution < -0.4 is 4.90 Å². The molecule has 0 amide bonds. The molecule has 2 aromatic rings. The van der Waals surface area contributed by atoms with E-state index >= 15 is 0 Å². The van der Waals surface area contributed by atoms with Crippen molar-refractivity contribution in [3.05, 3.63) is 53.9 Å². The zero-order valence-electron chi connectivity index (χ0n) is 11.7. The lowest BCUT2D eigenvalue weighted by Gasteiger charge is -2.20. The van der Waals surface area contributed by atoms with Crippen LogP contribution in [0.15, 0.2) is 42.6 Å². The van der Waals surface area contributed by atoms with Gasteiger partial charge in [-0.15, -0.1) is 0 Å². The highest BCUT2D eigenvalue weighted by atomic mass is 16.3. The van der Waals surface area contributed by atoms with E-state index in [1.165, 1.54) is 5.56 Å². The lowest BCUT2D eigenvalue weighted by Crippen LogP contribution is -2.10. The summed E-state index contributed by atoms with van der Waals surface area (Å²) in [6.07, 6.45) is 2.01. The Morgan fingerprint density at radius 1 is 1.21 bits per heavy atom. The first-order valence-electron chi connectivity index (χ1n) is 6.56. The number of nitrogens with zero attached hydrogens (tertiary/aromatic N) is 2. The third-order valence-corrected chi connectivity index (χ3v) is 3.28. The average molecular weight is 256 g/mol. The number of pyridine rings is 1. The molecule has 0 saturated heterocycles. The molecular weight excluding hydrogens is 236 g/mol. The van der Waals surface area contributed by atoms with Crippen LogP contribution in [-0.4, -0.2) is 17.1 Å². The number of aryl methyl sites for hydroxylation is 1. The maximum atomic E-state index is 9.74. The van der Waals surface area contributed by atoms with Crippen LogP contribution >= 0.6 is 0 Å². The smallest absolute Gasteiger partial charge is 0.0957 e. The van der Waals surface area contributed by atoms with Gasteiger partial charge in [0.05, 0.1) is 23.7 Å². The van der Waals surface area contributed by atoms with Crippen LogP contribution in [0.2, 0.25) is 0 Å². The Hall–Kier alpha value is -1.87. The van der Waals surface area contributed by atoms with E-state index in [1.807, 2.05) is 32.2 Å². The van der Waals surface area contributed by atoms with Gasteiger partial charge in [0.1, 0.15) is 0 Å². The van der Waals surface area contributed by atoms with Crippen LogP contribution in [0.1, 0.15) is 30.7 Å². The lowest BCUT2D eigenvalue weighted by molar-refractivity contribution is 0.169. The predicted octanol–water partition coefficient (Wildman–Crippen LogP) is 3.60. The second-order valence-corrected chi connectivity index (χ2v) is 4.76. The molecule has 0 aliphatic heterocycles. The summed E-state index contributed by atoms with van der Waals surface area (Å²) in [6.45, 7) is 4.02. The van der Waals surface area contributed by atoms with Gasteiger partial charge in [0.2, 0.25) is 0 Å². The summed E-state index contributed by atoms with van der Waals surface area (Å²) in [7, 11) is 2.02. The number of hydrogen-bond acceptors (Lipinski definition) is 3. The Morgan fingerprint density at radius 2 is 2.00 bits per heavy atom. The van der Waals surface area contributed by atoms with Crippen molar-refractivity contribution < 1.29 is 5.11 Å². The molecule has 0 aliphatic rings. The molecule has 1 aromatic heterocycles. The Kier molecular flexibility index (Phi) is 4.17. The van der Waals surface area contributed by atoms with Crippen molar-refractivity contribution >= 4 is 11.4 Å². The number of aliphatic hydroxyl groups excluding tert-OH is 1. The fourth-order valence-electron chi connectivity index (χ4n) is 1.99. The molecule has 0 fully saturated rings. The maximum Gasteiger partial charge on any atom is 0.0957 e. The second kappa shape index (κ2) is 5.85. The van der Waals surface area contributed by atoms with E-state index in [9.17, 15) is 5.11 Å². The third-order valence-electron chi connectivity index (χ3n) is 3.28. The number of anilines is 2. The minimum Gasteiger partial charge on any atom is -0.387 e. The van der Waals surface area contributed by atoms with Crippen molar-refractivity contribution in [2.24, 2.45) is 0 Å². The summed E-state index contributed by atoms with van der Waals surface area (Å²) in [5, 5.41) is 9.74. The van der Waals surface area contributed by atoms with Crippen LogP contribution in [0, 0.1) is 6.92 Å². The van der Waals surface area contributed by atoms with Gasteiger partial charge in [-0.05, 0) is 43.2 Å². The molecule has 3 nitrogen and oxygen atoms in total.